The first-order valence-corrected chi connectivity index (χ1v) is 6.83. The third-order valence-corrected chi connectivity index (χ3v) is 4.76. The predicted octanol–water partition coefficient (Wildman–Crippen LogP) is 3.30. The van der Waals surface area contributed by atoms with Crippen molar-refractivity contribution in [3.05, 3.63) is 23.2 Å². The van der Waals surface area contributed by atoms with E-state index in [1.165, 1.54) is 0 Å². The number of ketones is 1. The number of Topliss-reactive ketones (excluding diaryl/α,β-unsaturated/α-hetero) is 1. The highest BCUT2D eigenvalue weighted by Gasteiger charge is 2.45. The summed E-state index contributed by atoms with van der Waals surface area (Å²) in [6.45, 7) is 6.42. The summed E-state index contributed by atoms with van der Waals surface area (Å²) in [6.07, 6.45) is 2.58. The van der Waals surface area contributed by atoms with Gasteiger partial charge < -0.3 is 9.52 Å². The van der Waals surface area contributed by atoms with Gasteiger partial charge in [-0.25, -0.2) is 0 Å². The van der Waals surface area contributed by atoms with E-state index in [4.69, 9.17) is 4.42 Å². The number of furan rings is 1. The molecule has 0 unspecified atom stereocenters. The Morgan fingerprint density at radius 3 is 2.83 bits per heavy atom. The Morgan fingerprint density at radius 2 is 2.17 bits per heavy atom. The first kappa shape index (κ1) is 12.0. The first-order valence-electron chi connectivity index (χ1n) is 6.83. The maximum absolute atomic E-state index is 12.1. The number of hydrogen-bond acceptors (Lipinski definition) is 3. The number of aliphatic hydroxyl groups excluding tert-OH is 1. The molecule has 0 fully saturated rings. The van der Waals surface area contributed by atoms with Crippen molar-refractivity contribution in [3.8, 4) is 0 Å². The van der Waals surface area contributed by atoms with Crippen LogP contribution in [0.3, 0.4) is 0 Å². The lowest BCUT2D eigenvalue weighted by molar-refractivity contribution is 0.0591. The highest BCUT2D eigenvalue weighted by atomic mass is 16.4. The van der Waals surface area contributed by atoms with Crippen LogP contribution in [-0.4, -0.2) is 10.9 Å². The second-order valence-corrected chi connectivity index (χ2v) is 6.23. The molecule has 18 heavy (non-hydrogen) atoms. The maximum atomic E-state index is 12.1. The fourth-order valence-electron chi connectivity index (χ4n) is 3.67. The lowest BCUT2D eigenvalue weighted by Gasteiger charge is -2.39. The van der Waals surface area contributed by atoms with Gasteiger partial charge in [0, 0.05) is 12.0 Å². The Balaban J connectivity index is 2.14. The number of carbonyl (C=O) groups excluding carboxylic acids is 1. The van der Waals surface area contributed by atoms with E-state index in [1.54, 1.807) is 6.26 Å². The van der Waals surface area contributed by atoms with E-state index < -0.39 is 6.10 Å². The van der Waals surface area contributed by atoms with Crippen LogP contribution in [0.15, 0.2) is 10.7 Å². The lowest BCUT2D eigenvalue weighted by atomic mass is 9.64. The van der Waals surface area contributed by atoms with Gasteiger partial charge >= 0.3 is 0 Å². The van der Waals surface area contributed by atoms with Gasteiger partial charge in [-0.3, -0.25) is 4.79 Å². The molecular weight excluding hydrogens is 228 g/mol. The normalized spacial score (nSPS) is 34.8. The van der Waals surface area contributed by atoms with E-state index in [0.717, 1.165) is 17.5 Å². The number of hydrogen-bond donors (Lipinski definition) is 1. The van der Waals surface area contributed by atoms with E-state index >= 15 is 0 Å². The second kappa shape index (κ2) is 3.95. The zero-order chi connectivity index (χ0) is 13.0. The summed E-state index contributed by atoms with van der Waals surface area (Å²) >= 11 is 0. The van der Waals surface area contributed by atoms with Gasteiger partial charge in [-0.1, -0.05) is 20.8 Å². The van der Waals surface area contributed by atoms with Crippen LogP contribution in [-0.2, 0) is 0 Å². The Labute approximate surface area is 107 Å². The van der Waals surface area contributed by atoms with Crippen molar-refractivity contribution in [3.63, 3.8) is 0 Å². The molecule has 1 aromatic heterocycles. The summed E-state index contributed by atoms with van der Waals surface area (Å²) in [5.41, 5.74) is 1.73. The van der Waals surface area contributed by atoms with Crippen LogP contribution in [0, 0.1) is 17.8 Å². The highest BCUT2D eigenvalue weighted by Crippen LogP contribution is 2.52. The summed E-state index contributed by atoms with van der Waals surface area (Å²) in [5.74, 6) is 2.28. The van der Waals surface area contributed by atoms with E-state index in [0.29, 0.717) is 29.9 Å². The zero-order valence-electron chi connectivity index (χ0n) is 11.1. The Hall–Kier alpha value is -1.09. The molecule has 4 atom stereocenters. The van der Waals surface area contributed by atoms with E-state index in [-0.39, 0.29) is 11.7 Å². The summed E-state index contributed by atoms with van der Waals surface area (Å²) in [5, 5.41) is 10.2. The van der Waals surface area contributed by atoms with Gasteiger partial charge in [-0.05, 0) is 30.1 Å². The molecule has 1 heterocycles. The van der Waals surface area contributed by atoms with Crippen LogP contribution in [0.1, 0.15) is 67.3 Å². The number of aliphatic hydroxyl groups is 1. The SMILES string of the molecule is CC(C)[C@H]1CC(=O)c2coc3c2[C@H]1C[C@H](C)[C@H]3O. The maximum Gasteiger partial charge on any atom is 0.166 e. The standard InChI is InChI=1S/C15H20O3/c1-7(2)9-5-12(16)11-6-18-15-13(11)10(9)4-8(3)14(15)17/h6-10,14,17H,4-5H2,1-3H3/t8-,9+,10-,14+/m0/s1. The van der Waals surface area contributed by atoms with Crippen LogP contribution in [0.25, 0.3) is 0 Å². The van der Waals surface area contributed by atoms with Crippen molar-refractivity contribution in [2.75, 3.05) is 0 Å². The Kier molecular flexibility index (Phi) is 2.63. The molecule has 0 aromatic carbocycles. The van der Waals surface area contributed by atoms with Gasteiger partial charge in [0.2, 0.25) is 0 Å². The number of rotatable bonds is 1. The molecule has 0 saturated carbocycles. The fraction of sp³-hybridized carbons (Fsp3) is 0.667. The predicted molar refractivity (Wildman–Crippen MR) is 67.5 cm³/mol. The summed E-state index contributed by atoms with van der Waals surface area (Å²) in [6, 6.07) is 0. The summed E-state index contributed by atoms with van der Waals surface area (Å²) in [7, 11) is 0. The van der Waals surface area contributed by atoms with E-state index in [2.05, 4.69) is 20.8 Å². The molecule has 2 aliphatic rings. The molecule has 1 N–H and O–H groups in total. The topological polar surface area (TPSA) is 50.4 Å². The van der Waals surface area contributed by atoms with Crippen molar-refractivity contribution in [1.29, 1.82) is 0 Å². The highest BCUT2D eigenvalue weighted by molar-refractivity contribution is 5.99. The number of carbonyl (C=O) groups is 1. The molecule has 1 aromatic rings. The van der Waals surface area contributed by atoms with Crippen LogP contribution >= 0.6 is 0 Å². The van der Waals surface area contributed by atoms with Gasteiger partial charge in [0.15, 0.2) is 5.78 Å². The molecule has 0 bridgehead atoms. The summed E-state index contributed by atoms with van der Waals surface area (Å²) < 4.78 is 5.50. The van der Waals surface area contributed by atoms with Gasteiger partial charge in [-0.2, -0.15) is 0 Å². The Bertz CT molecular complexity index is 486. The quantitative estimate of drug-likeness (QED) is 0.829. The molecule has 3 nitrogen and oxygen atoms in total. The first-order chi connectivity index (χ1) is 8.50. The van der Waals surface area contributed by atoms with Crippen LogP contribution in [0.4, 0.5) is 0 Å². The smallest absolute Gasteiger partial charge is 0.166 e. The van der Waals surface area contributed by atoms with Crippen LogP contribution in [0.2, 0.25) is 0 Å². The third kappa shape index (κ3) is 1.50. The fourth-order valence-corrected chi connectivity index (χ4v) is 3.67. The largest absolute Gasteiger partial charge is 0.465 e. The lowest BCUT2D eigenvalue weighted by Crippen LogP contribution is -2.33. The summed E-state index contributed by atoms with van der Waals surface area (Å²) in [4.78, 5) is 12.1. The molecule has 0 radical (unpaired) electrons. The van der Waals surface area contributed by atoms with Gasteiger partial charge in [-0.15, -0.1) is 0 Å². The monoisotopic (exact) mass is 248 g/mol. The molecule has 0 spiro atoms. The van der Waals surface area contributed by atoms with Crippen LogP contribution in [0.5, 0.6) is 0 Å². The van der Waals surface area contributed by atoms with Gasteiger partial charge in [0.25, 0.3) is 0 Å². The molecule has 0 aliphatic heterocycles. The minimum atomic E-state index is -0.552. The van der Waals surface area contributed by atoms with E-state index in [1.807, 2.05) is 0 Å². The molecule has 3 heteroatoms. The van der Waals surface area contributed by atoms with Crippen LogP contribution < -0.4 is 0 Å². The molecule has 98 valence electrons. The minimum Gasteiger partial charge on any atom is -0.465 e. The van der Waals surface area contributed by atoms with E-state index in [9.17, 15) is 9.90 Å². The molecule has 2 aliphatic carbocycles. The van der Waals surface area contributed by atoms with Gasteiger partial charge in [0.1, 0.15) is 18.1 Å². The van der Waals surface area contributed by atoms with Crippen molar-refractivity contribution in [1.82, 2.24) is 0 Å². The second-order valence-electron chi connectivity index (χ2n) is 6.23. The average molecular weight is 248 g/mol. The van der Waals surface area contributed by atoms with Gasteiger partial charge in [0.05, 0.1) is 5.56 Å². The van der Waals surface area contributed by atoms with Crippen molar-refractivity contribution in [2.24, 2.45) is 17.8 Å². The molecule has 3 rings (SSSR count). The minimum absolute atomic E-state index is 0.178. The zero-order valence-corrected chi connectivity index (χ0v) is 11.1. The molecule has 0 saturated heterocycles. The Morgan fingerprint density at radius 1 is 1.44 bits per heavy atom. The molecular formula is C15H20O3. The molecule has 0 amide bonds. The van der Waals surface area contributed by atoms with Crippen molar-refractivity contribution < 1.29 is 14.3 Å². The third-order valence-electron chi connectivity index (χ3n) is 4.76. The van der Waals surface area contributed by atoms with Crippen molar-refractivity contribution in [2.45, 2.75) is 45.6 Å². The van der Waals surface area contributed by atoms with Crippen molar-refractivity contribution >= 4 is 5.78 Å². The average Bonchev–Trinajstić information content (AvgIpc) is 2.75.